The van der Waals surface area contributed by atoms with Crippen molar-refractivity contribution in [1.82, 2.24) is 10.2 Å². The standard InChI is InChI=1S/C17H24F2N2O3/c1-12-5-7-21(8-6-12)11-16(22)20-10-13-3-4-14(24-17(18)19)15(9-13)23-2/h3-4,9,12,17H,5-8,10-11H2,1-2H3,(H,20,22). The Morgan fingerprint density at radius 1 is 1.33 bits per heavy atom. The van der Waals surface area contributed by atoms with Crippen LogP contribution in [0.3, 0.4) is 0 Å². The molecule has 2 rings (SSSR count). The fourth-order valence-electron chi connectivity index (χ4n) is 2.70. The number of halogens is 2. The normalized spacial score (nSPS) is 16.2. The minimum atomic E-state index is -2.91. The lowest BCUT2D eigenvalue weighted by Gasteiger charge is -2.29. The molecular formula is C17H24F2N2O3. The van der Waals surface area contributed by atoms with Gasteiger partial charge < -0.3 is 14.8 Å². The van der Waals surface area contributed by atoms with E-state index in [9.17, 15) is 13.6 Å². The quantitative estimate of drug-likeness (QED) is 0.828. The molecule has 1 heterocycles. The third kappa shape index (κ3) is 5.63. The van der Waals surface area contributed by atoms with Crippen molar-refractivity contribution >= 4 is 5.91 Å². The monoisotopic (exact) mass is 342 g/mol. The van der Waals surface area contributed by atoms with E-state index >= 15 is 0 Å². The van der Waals surface area contributed by atoms with Gasteiger partial charge in [-0.15, -0.1) is 0 Å². The first-order valence-electron chi connectivity index (χ1n) is 8.08. The van der Waals surface area contributed by atoms with Crippen LogP contribution in [0.1, 0.15) is 25.3 Å². The summed E-state index contributed by atoms with van der Waals surface area (Å²) in [6, 6.07) is 4.63. The second kappa shape index (κ2) is 8.82. The molecule has 0 radical (unpaired) electrons. The molecule has 0 aliphatic carbocycles. The summed E-state index contributed by atoms with van der Waals surface area (Å²) in [5, 5.41) is 2.84. The number of nitrogens with zero attached hydrogens (tertiary/aromatic N) is 1. The van der Waals surface area contributed by atoms with Crippen LogP contribution in [0.15, 0.2) is 18.2 Å². The Hall–Kier alpha value is -1.89. The number of nitrogens with one attached hydrogen (secondary N) is 1. The number of rotatable bonds is 7. The van der Waals surface area contributed by atoms with Gasteiger partial charge in [0.15, 0.2) is 11.5 Å². The van der Waals surface area contributed by atoms with E-state index in [1.807, 2.05) is 0 Å². The summed E-state index contributed by atoms with van der Waals surface area (Å²) < 4.78 is 34.0. The van der Waals surface area contributed by atoms with Crippen LogP contribution in [-0.4, -0.2) is 44.2 Å². The molecule has 0 saturated carbocycles. The number of piperidine rings is 1. The van der Waals surface area contributed by atoms with Gasteiger partial charge in [-0.3, -0.25) is 9.69 Å². The predicted molar refractivity (Wildman–Crippen MR) is 86.3 cm³/mol. The van der Waals surface area contributed by atoms with Crippen molar-refractivity contribution in [3.63, 3.8) is 0 Å². The minimum Gasteiger partial charge on any atom is -0.493 e. The van der Waals surface area contributed by atoms with Gasteiger partial charge in [0.25, 0.3) is 0 Å². The van der Waals surface area contributed by atoms with Gasteiger partial charge in [0.05, 0.1) is 13.7 Å². The summed E-state index contributed by atoms with van der Waals surface area (Å²) in [4.78, 5) is 14.2. The van der Waals surface area contributed by atoms with Crippen molar-refractivity contribution in [2.45, 2.75) is 32.9 Å². The number of carbonyl (C=O) groups is 1. The SMILES string of the molecule is COc1cc(CNC(=O)CN2CCC(C)CC2)ccc1OC(F)F. The number of likely N-dealkylation sites (tertiary alicyclic amines) is 1. The van der Waals surface area contributed by atoms with Crippen molar-refractivity contribution in [2.75, 3.05) is 26.7 Å². The van der Waals surface area contributed by atoms with Gasteiger partial charge in [-0.25, -0.2) is 0 Å². The van der Waals surface area contributed by atoms with Gasteiger partial charge in [0.1, 0.15) is 0 Å². The molecule has 1 aromatic rings. The first kappa shape index (κ1) is 18.4. The topological polar surface area (TPSA) is 50.8 Å². The predicted octanol–water partition coefficient (Wildman–Crippen LogP) is 2.64. The highest BCUT2D eigenvalue weighted by atomic mass is 19.3. The number of ether oxygens (including phenoxy) is 2. The first-order valence-corrected chi connectivity index (χ1v) is 8.08. The Kier molecular flexibility index (Phi) is 6.78. The van der Waals surface area contributed by atoms with E-state index in [0.29, 0.717) is 13.1 Å². The highest BCUT2D eigenvalue weighted by Crippen LogP contribution is 2.29. The van der Waals surface area contributed by atoms with Crippen LogP contribution in [0.5, 0.6) is 11.5 Å². The Morgan fingerprint density at radius 2 is 2.04 bits per heavy atom. The maximum Gasteiger partial charge on any atom is 0.387 e. The molecule has 134 valence electrons. The molecule has 1 aliphatic heterocycles. The van der Waals surface area contributed by atoms with Gasteiger partial charge in [-0.2, -0.15) is 8.78 Å². The summed E-state index contributed by atoms with van der Waals surface area (Å²) in [5.74, 6) is 0.874. The molecule has 1 N–H and O–H groups in total. The second-order valence-corrected chi connectivity index (χ2v) is 6.10. The van der Waals surface area contributed by atoms with Gasteiger partial charge in [0, 0.05) is 6.54 Å². The molecule has 1 saturated heterocycles. The lowest BCUT2D eigenvalue weighted by Crippen LogP contribution is -2.41. The Bertz CT molecular complexity index is 547. The molecule has 1 fully saturated rings. The van der Waals surface area contributed by atoms with E-state index in [0.717, 1.165) is 37.4 Å². The number of carbonyl (C=O) groups excluding carboxylic acids is 1. The zero-order valence-electron chi connectivity index (χ0n) is 14.1. The van der Waals surface area contributed by atoms with Crippen molar-refractivity contribution in [3.05, 3.63) is 23.8 Å². The molecule has 5 nitrogen and oxygen atoms in total. The molecule has 1 amide bonds. The van der Waals surface area contributed by atoms with Gasteiger partial charge in [0.2, 0.25) is 5.91 Å². The smallest absolute Gasteiger partial charge is 0.387 e. The third-order valence-corrected chi connectivity index (χ3v) is 4.18. The molecule has 0 bridgehead atoms. The number of hydrogen-bond acceptors (Lipinski definition) is 4. The Balaban J connectivity index is 1.83. The summed E-state index contributed by atoms with van der Waals surface area (Å²) in [6.45, 7) is 1.91. The van der Waals surface area contributed by atoms with Crippen LogP contribution >= 0.6 is 0 Å². The lowest BCUT2D eigenvalue weighted by atomic mass is 9.99. The van der Waals surface area contributed by atoms with E-state index in [2.05, 4.69) is 21.9 Å². The molecule has 0 atom stereocenters. The van der Waals surface area contributed by atoms with E-state index in [4.69, 9.17) is 4.74 Å². The van der Waals surface area contributed by atoms with Gasteiger partial charge >= 0.3 is 6.61 Å². The average molecular weight is 342 g/mol. The largest absolute Gasteiger partial charge is 0.493 e. The van der Waals surface area contributed by atoms with Gasteiger partial charge in [-0.1, -0.05) is 13.0 Å². The summed E-state index contributed by atoms with van der Waals surface area (Å²) in [5.41, 5.74) is 0.758. The minimum absolute atomic E-state index is 0.0231. The number of alkyl halides is 2. The van der Waals surface area contributed by atoms with E-state index < -0.39 is 6.61 Å². The molecular weight excluding hydrogens is 318 g/mol. The van der Waals surface area contributed by atoms with Gasteiger partial charge in [-0.05, 0) is 49.5 Å². The maximum atomic E-state index is 12.3. The third-order valence-electron chi connectivity index (χ3n) is 4.18. The number of benzene rings is 1. The van der Waals surface area contributed by atoms with E-state index in [1.165, 1.54) is 13.2 Å². The summed E-state index contributed by atoms with van der Waals surface area (Å²) >= 11 is 0. The lowest BCUT2D eigenvalue weighted by molar-refractivity contribution is -0.122. The van der Waals surface area contributed by atoms with Crippen molar-refractivity contribution in [2.24, 2.45) is 5.92 Å². The molecule has 24 heavy (non-hydrogen) atoms. The van der Waals surface area contributed by atoms with Crippen molar-refractivity contribution < 1.29 is 23.0 Å². The van der Waals surface area contributed by atoms with Crippen LogP contribution in [0.25, 0.3) is 0 Å². The van der Waals surface area contributed by atoms with Crippen molar-refractivity contribution in [1.29, 1.82) is 0 Å². The van der Waals surface area contributed by atoms with Crippen LogP contribution in [-0.2, 0) is 11.3 Å². The molecule has 1 aromatic carbocycles. The molecule has 7 heteroatoms. The second-order valence-electron chi connectivity index (χ2n) is 6.10. The van der Waals surface area contributed by atoms with Crippen LogP contribution in [0.2, 0.25) is 0 Å². The summed E-state index contributed by atoms with van der Waals surface area (Å²) in [6.07, 6.45) is 2.24. The fourth-order valence-corrected chi connectivity index (χ4v) is 2.70. The van der Waals surface area contributed by atoms with E-state index in [-0.39, 0.29) is 17.4 Å². The van der Waals surface area contributed by atoms with Crippen LogP contribution in [0.4, 0.5) is 8.78 Å². The van der Waals surface area contributed by atoms with Crippen LogP contribution < -0.4 is 14.8 Å². The Morgan fingerprint density at radius 3 is 2.67 bits per heavy atom. The van der Waals surface area contributed by atoms with Crippen LogP contribution in [0, 0.1) is 5.92 Å². The highest BCUT2D eigenvalue weighted by molar-refractivity contribution is 5.78. The average Bonchev–Trinajstić information content (AvgIpc) is 2.55. The Labute approximate surface area is 140 Å². The number of methoxy groups -OCH3 is 1. The number of amides is 1. The molecule has 1 aliphatic rings. The molecule has 0 spiro atoms. The number of hydrogen-bond donors (Lipinski definition) is 1. The molecule has 0 unspecified atom stereocenters. The zero-order chi connectivity index (χ0) is 17.5. The van der Waals surface area contributed by atoms with E-state index in [1.54, 1.807) is 12.1 Å². The molecule has 0 aromatic heterocycles. The zero-order valence-corrected chi connectivity index (χ0v) is 14.1. The summed E-state index contributed by atoms with van der Waals surface area (Å²) in [7, 11) is 1.38. The highest BCUT2D eigenvalue weighted by Gasteiger charge is 2.18. The maximum absolute atomic E-state index is 12.3. The first-order chi connectivity index (χ1) is 11.5. The van der Waals surface area contributed by atoms with Crippen molar-refractivity contribution in [3.8, 4) is 11.5 Å². The fraction of sp³-hybridized carbons (Fsp3) is 0.588.